The largest absolute Gasteiger partial charge is 0.507 e. The highest BCUT2D eigenvalue weighted by molar-refractivity contribution is 14.1. The first kappa shape index (κ1) is 16.1. The van der Waals surface area contributed by atoms with E-state index in [1.807, 2.05) is 29.5 Å². The maximum Gasteiger partial charge on any atom is 0.329 e. The molecule has 1 fully saturated rings. The SMILES string of the molecule is CC1CCCCC1(NC(=O)c1ccc(I)c(O)c1)C(=O)O. The highest BCUT2D eigenvalue weighted by Gasteiger charge is 2.46. The van der Waals surface area contributed by atoms with Gasteiger partial charge in [-0.15, -0.1) is 0 Å². The molecule has 1 aromatic carbocycles. The minimum atomic E-state index is -1.21. The van der Waals surface area contributed by atoms with Crippen molar-refractivity contribution in [2.24, 2.45) is 5.92 Å². The van der Waals surface area contributed by atoms with Crippen LogP contribution in [0.2, 0.25) is 0 Å². The minimum absolute atomic E-state index is 0.0179. The first-order valence-electron chi connectivity index (χ1n) is 6.91. The summed E-state index contributed by atoms with van der Waals surface area (Å²) in [6.45, 7) is 1.86. The van der Waals surface area contributed by atoms with Crippen molar-refractivity contribution < 1.29 is 19.8 Å². The second-order valence-electron chi connectivity index (χ2n) is 5.54. The highest BCUT2D eigenvalue weighted by atomic mass is 127. The van der Waals surface area contributed by atoms with Crippen LogP contribution in [0.5, 0.6) is 5.75 Å². The molecule has 1 saturated carbocycles. The fourth-order valence-corrected chi connectivity index (χ4v) is 3.17. The zero-order chi connectivity index (χ0) is 15.6. The highest BCUT2D eigenvalue weighted by Crippen LogP contribution is 2.34. The first-order chi connectivity index (χ1) is 9.86. The van der Waals surface area contributed by atoms with E-state index < -0.39 is 17.4 Å². The molecule has 114 valence electrons. The molecule has 3 N–H and O–H groups in total. The summed E-state index contributed by atoms with van der Waals surface area (Å²) < 4.78 is 0.642. The van der Waals surface area contributed by atoms with Crippen LogP contribution in [0.15, 0.2) is 18.2 Å². The Balaban J connectivity index is 2.26. The van der Waals surface area contributed by atoms with Gasteiger partial charge in [0.1, 0.15) is 11.3 Å². The van der Waals surface area contributed by atoms with Crippen molar-refractivity contribution >= 4 is 34.5 Å². The number of benzene rings is 1. The van der Waals surface area contributed by atoms with Gasteiger partial charge in [0.15, 0.2) is 0 Å². The molecule has 0 heterocycles. The molecule has 0 radical (unpaired) electrons. The number of hydrogen-bond acceptors (Lipinski definition) is 3. The molecular weight excluding hydrogens is 385 g/mol. The summed E-state index contributed by atoms with van der Waals surface area (Å²) in [6.07, 6.45) is 2.99. The van der Waals surface area contributed by atoms with Crippen LogP contribution in [0.25, 0.3) is 0 Å². The monoisotopic (exact) mass is 403 g/mol. The summed E-state index contributed by atoms with van der Waals surface area (Å²) >= 11 is 1.96. The lowest BCUT2D eigenvalue weighted by molar-refractivity contribution is -0.148. The van der Waals surface area contributed by atoms with E-state index in [0.717, 1.165) is 19.3 Å². The zero-order valence-electron chi connectivity index (χ0n) is 11.7. The number of aliphatic carboxylic acids is 1. The van der Waals surface area contributed by atoms with E-state index in [2.05, 4.69) is 5.32 Å². The lowest BCUT2D eigenvalue weighted by Gasteiger charge is -2.39. The Morgan fingerprint density at radius 1 is 1.38 bits per heavy atom. The second-order valence-corrected chi connectivity index (χ2v) is 6.71. The average molecular weight is 403 g/mol. The van der Waals surface area contributed by atoms with Gasteiger partial charge >= 0.3 is 5.97 Å². The van der Waals surface area contributed by atoms with Crippen molar-refractivity contribution in [2.75, 3.05) is 0 Å². The predicted molar refractivity (Wildman–Crippen MR) is 86.3 cm³/mol. The molecule has 1 aliphatic carbocycles. The molecule has 2 atom stereocenters. The Hall–Kier alpha value is -1.31. The molecular formula is C15H18INO4. The normalized spacial score (nSPS) is 25.3. The standard InChI is InChI=1S/C15H18INO4/c1-9-4-2-3-7-15(9,14(20)21)17-13(19)10-5-6-11(16)12(18)8-10/h5-6,8-9,18H,2-4,7H2,1H3,(H,17,19)(H,20,21). The number of aromatic hydroxyl groups is 1. The van der Waals surface area contributed by atoms with Gasteiger partial charge in [-0.2, -0.15) is 0 Å². The Morgan fingerprint density at radius 3 is 2.67 bits per heavy atom. The molecule has 2 rings (SSSR count). The summed E-state index contributed by atoms with van der Waals surface area (Å²) in [5, 5.41) is 22.0. The number of halogens is 1. The van der Waals surface area contributed by atoms with Crippen LogP contribution >= 0.6 is 22.6 Å². The number of carboxylic acids is 1. The van der Waals surface area contributed by atoms with Crippen molar-refractivity contribution in [3.8, 4) is 5.75 Å². The van der Waals surface area contributed by atoms with Crippen LogP contribution in [0.4, 0.5) is 0 Å². The molecule has 2 unspecified atom stereocenters. The third-order valence-corrected chi connectivity index (χ3v) is 5.14. The number of phenols is 1. The molecule has 5 nitrogen and oxygen atoms in total. The zero-order valence-corrected chi connectivity index (χ0v) is 13.9. The van der Waals surface area contributed by atoms with Crippen LogP contribution < -0.4 is 5.32 Å². The molecule has 0 spiro atoms. The van der Waals surface area contributed by atoms with E-state index in [9.17, 15) is 19.8 Å². The summed E-state index contributed by atoms with van der Waals surface area (Å²) in [5.41, 5.74) is -0.945. The van der Waals surface area contributed by atoms with E-state index in [0.29, 0.717) is 9.99 Å². The van der Waals surface area contributed by atoms with Crippen molar-refractivity contribution in [3.63, 3.8) is 0 Å². The maximum atomic E-state index is 12.3. The van der Waals surface area contributed by atoms with Crippen molar-refractivity contribution in [2.45, 2.75) is 38.1 Å². The van der Waals surface area contributed by atoms with Crippen molar-refractivity contribution in [1.82, 2.24) is 5.32 Å². The minimum Gasteiger partial charge on any atom is -0.507 e. The van der Waals surface area contributed by atoms with Crippen LogP contribution in [-0.2, 0) is 4.79 Å². The fraction of sp³-hybridized carbons (Fsp3) is 0.467. The number of hydrogen-bond donors (Lipinski definition) is 3. The van der Waals surface area contributed by atoms with E-state index in [1.54, 1.807) is 12.1 Å². The topological polar surface area (TPSA) is 86.6 Å². The molecule has 21 heavy (non-hydrogen) atoms. The molecule has 0 bridgehead atoms. The maximum absolute atomic E-state index is 12.3. The van der Waals surface area contributed by atoms with E-state index in [1.165, 1.54) is 6.07 Å². The Morgan fingerprint density at radius 2 is 2.10 bits per heavy atom. The van der Waals surface area contributed by atoms with Gasteiger partial charge in [-0.1, -0.05) is 19.8 Å². The Bertz CT molecular complexity index is 575. The summed E-state index contributed by atoms with van der Waals surface area (Å²) in [7, 11) is 0. The first-order valence-corrected chi connectivity index (χ1v) is 7.99. The van der Waals surface area contributed by atoms with Gasteiger partial charge in [-0.3, -0.25) is 4.79 Å². The van der Waals surface area contributed by atoms with Gasteiger partial charge in [-0.25, -0.2) is 4.79 Å². The van der Waals surface area contributed by atoms with Crippen LogP contribution in [0.3, 0.4) is 0 Å². The molecule has 1 aromatic rings. The van der Waals surface area contributed by atoms with Gasteiger partial charge in [-0.05, 0) is 59.5 Å². The van der Waals surface area contributed by atoms with Crippen molar-refractivity contribution in [3.05, 3.63) is 27.3 Å². The third-order valence-electron chi connectivity index (χ3n) is 4.23. The number of amides is 1. The van der Waals surface area contributed by atoms with E-state index in [4.69, 9.17) is 0 Å². The van der Waals surface area contributed by atoms with Gasteiger partial charge < -0.3 is 15.5 Å². The quantitative estimate of drug-likeness (QED) is 0.678. The lowest BCUT2D eigenvalue weighted by atomic mass is 9.73. The smallest absolute Gasteiger partial charge is 0.329 e. The molecule has 1 amide bonds. The van der Waals surface area contributed by atoms with E-state index in [-0.39, 0.29) is 17.2 Å². The van der Waals surface area contributed by atoms with Crippen molar-refractivity contribution in [1.29, 1.82) is 0 Å². The Labute approximate surface area is 136 Å². The number of carboxylic acid groups (broad SMARTS) is 1. The average Bonchev–Trinajstić information content (AvgIpc) is 2.44. The Kier molecular flexibility index (Phi) is 4.75. The molecule has 0 aromatic heterocycles. The molecule has 0 saturated heterocycles. The second kappa shape index (κ2) is 6.21. The lowest BCUT2D eigenvalue weighted by Crippen LogP contribution is -2.60. The molecule has 1 aliphatic rings. The number of phenolic OH excluding ortho intramolecular Hbond substituents is 1. The number of carbonyl (C=O) groups excluding carboxylic acids is 1. The number of rotatable bonds is 3. The van der Waals surface area contributed by atoms with Gasteiger partial charge in [0.25, 0.3) is 5.91 Å². The summed E-state index contributed by atoms with van der Waals surface area (Å²) in [6, 6.07) is 4.57. The predicted octanol–water partition coefficient (Wildman–Crippen LogP) is 2.76. The summed E-state index contributed by atoms with van der Waals surface area (Å²) in [4.78, 5) is 24.1. The molecule has 6 heteroatoms. The van der Waals surface area contributed by atoms with Gasteiger partial charge in [0.05, 0.1) is 3.57 Å². The molecule has 0 aliphatic heterocycles. The number of nitrogens with one attached hydrogen (secondary N) is 1. The van der Waals surface area contributed by atoms with Crippen LogP contribution in [0.1, 0.15) is 43.0 Å². The summed E-state index contributed by atoms with van der Waals surface area (Å²) in [5.74, 6) is -1.55. The fourth-order valence-electron chi connectivity index (χ4n) is 2.83. The third kappa shape index (κ3) is 3.14. The number of carbonyl (C=O) groups is 2. The van der Waals surface area contributed by atoms with Crippen LogP contribution in [-0.4, -0.2) is 27.6 Å². The van der Waals surface area contributed by atoms with Gasteiger partial charge in [0, 0.05) is 5.56 Å². The van der Waals surface area contributed by atoms with E-state index >= 15 is 0 Å². The van der Waals surface area contributed by atoms with Crippen LogP contribution in [0, 0.1) is 9.49 Å². The van der Waals surface area contributed by atoms with Gasteiger partial charge in [0.2, 0.25) is 0 Å².